The molecule has 132 valence electrons. The van der Waals surface area contributed by atoms with E-state index in [0.29, 0.717) is 0 Å². The summed E-state index contributed by atoms with van der Waals surface area (Å²) in [5.74, 6) is -1.24. The molecule has 7 nitrogen and oxygen atoms in total. The molecule has 0 amide bonds. The lowest BCUT2D eigenvalue weighted by molar-refractivity contribution is -0.137. The molecule has 1 aromatic heterocycles. The summed E-state index contributed by atoms with van der Waals surface area (Å²) in [6.45, 7) is 5.28. The van der Waals surface area contributed by atoms with Crippen LogP contribution in [-0.2, 0) is 9.53 Å². The molecule has 0 radical (unpaired) electrons. The van der Waals surface area contributed by atoms with Crippen molar-refractivity contribution in [3.8, 4) is 0 Å². The maximum Gasteiger partial charge on any atom is 0.343 e. The second kappa shape index (κ2) is 9.56. The molecule has 0 fully saturated rings. The van der Waals surface area contributed by atoms with Gasteiger partial charge in [-0.25, -0.2) is 4.79 Å². The Balaban J connectivity index is 3.38. The number of carbonyl (C=O) groups excluding carboxylic acids is 1. The second-order valence-electron chi connectivity index (χ2n) is 5.13. The molecule has 0 unspecified atom stereocenters. The highest BCUT2D eigenvalue weighted by atomic mass is 35.5. The first-order valence-corrected chi connectivity index (χ1v) is 8.00. The number of aliphatic hydroxyl groups is 2. The third-order valence-corrected chi connectivity index (χ3v) is 3.54. The molecule has 0 saturated heterocycles. The van der Waals surface area contributed by atoms with E-state index in [2.05, 4.69) is 15.2 Å². The summed E-state index contributed by atoms with van der Waals surface area (Å²) < 4.78 is 4.92. The second-order valence-corrected chi connectivity index (χ2v) is 5.87. The van der Waals surface area contributed by atoms with Gasteiger partial charge in [-0.1, -0.05) is 37.0 Å². The largest absolute Gasteiger partial charge is 0.506 e. The van der Waals surface area contributed by atoms with Crippen LogP contribution in [0.5, 0.6) is 0 Å². The van der Waals surface area contributed by atoms with Gasteiger partial charge in [-0.15, -0.1) is 10.2 Å². The number of hydrogen-bond acceptors (Lipinski definition) is 7. The van der Waals surface area contributed by atoms with Gasteiger partial charge in [0.1, 0.15) is 11.3 Å². The van der Waals surface area contributed by atoms with Crippen molar-refractivity contribution in [1.29, 1.82) is 0 Å². The average molecular weight is 376 g/mol. The number of halogens is 2. The number of aliphatic hydroxyl groups excluding tert-OH is 2. The molecule has 1 aromatic rings. The zero-order chi connectivity index (χ0) is 18.3. The molecule has 1 heterocycles. The average Bonchev–Trinajstić information content (AvgIpc) is 2.53. The van der Waals surface area contributed by atoms with E-state index in [9.17, 15) is 15.0 Å². The minimum atomic E-state index is -0.789. The molecule has 0 aromatic carbocycles. The number of hydrogen-bond donors (Lipinski definition) is 2. The van der Waals surface area contributed by atoms with E-state index in [4.69, 9.17) is 27.9 Å². The van der Waals surface area contributed by atoms with Gasteiger partial charge < -0.3 is 14.9 Å². The Morgan fingerprint density at radius 2 is 2.08 bits per heavy atom. The predicted octanol–water partition coefficient (Wildman–Crippen LogP) is 2.70. The SMILES string of the molecule is CCOC(=O)/C(C=N[C@H](CO)C(C)C)=C(\O)c1cc(Cl)nnc1Cl. The topological polar surface area (TPSA) is 105 Å². The van der Waals surface area contributed by atoms with Crippen LogP contribution in [0.3, 0.4) is 0 Å². The molecule has 9 heteroatoms. The Kier molecular flexibility index (Phi) is 8.10. The van der Waals surface area contributed by atoms with Crippen LogP contribution in [-0.4, -0.2) is 51.8 Å². The van der Waals surface area contributed by atoms with E-state index in [1.54, 1.807) is 6.92 Å². The Bertz CT molecular complexity index is 648. The number of aromatic nitrogens is 2. The normalized spacial score (nSPS) is 14.0. The molecule has 0 aliphatic heterocycles. The Morgan fingerprint density at radius 3 is 2.62 bits per heavy atom. The van der Waals surface area contributed by atoms with E-state index in [0.717, 1.165) is 6.21 Å². The van der Waals surface area contributed by atoms with Gasteiger partial charge in [0.15, 0.2) is 10.3 Å². The Hall–Kier alpha value is -1.70. The van der Waals surface area contributed by atoms with E-state index < -0.39 is 17.8 Å². The first kappa shape index (κ1) is 20.3. The van der Waals surface area contributed by atoms with E-state index >= 15 is 0 Å². The Labute approximate surface area is 150 Å². The van der Waals surface area contributed by atoms with Crippen LogP contribution in [0.25, 0.3) is 5.76 Å². The zero-order valence-electron chi connectivity index (χ0n) is 13.5. The first-order valence-electron chi connectivity index (χ1n) is 7.25. The molecule has 1 rings (SSSR count). The quantitative estimate of drug-likeness (QED) is 0.328. The van der Waals surface area contributed by atoms with E-state index in [1.165, 1.54) is 6.07 Å². The van der Waals surface area contributed by atoms with Gasteiger partial charge in [0, 0.05) is 6.21 Å². The summed E-state index contributed by atoms with van der Waals surface area (Å²) in [4.78, 5) is 16.3. The molecule has 24 heavy (non-hydrogen) atoms. The van der Waals surface area contributed by atoms with Crippen molar-refractivity contribution >= 4 is 41.1 Å². The summed E-state index contributed by atoms with van der Waals surface area (Å²) >= 11 is 11.6. The van der Waals surface area contributed by atoms with Crippen LogP contribution in [0, 0.1) is 5.92 Å². The fourth-order valence-electron chi connectivity index (χ4n) is 1.68. The fraction of sp³-hybridized carbons (Fsp3) is 0.467. The summed E-state index contributed by atoms with van der Waals surface area (Å²) in [6, 6.07) is 0.836. The van der Waals surface area contributed by atoms with Crippen molar-refractivity contribution in [2.45, 2.75) is 26.8 Å². The number of esters is 1. The zero-order valence-corrected chi connectivity index (χ0v) is 15.0. The smallest absolute Gasteiger partial charge is 0.343 e. The van der Waals surface area contributed by atoms with Crippen molar-refractivity contribution in [3.05, 3.63) is 27.5 Å². The highest BCUT2D eigenvalue weighted by Crippen LogP contribution is 2.24. The summed E-state index contributed by atoms with van der Waals surface area (Å²) in [6.07, 6.45) is 1.15. The molecule has 0 bridgehead atoms. The standard InChI is InChI=1S/C15H19Cl2N3O4/c1-4-24-15(23)10(6-18-11(7-21)8(2)3)13(22)9-5-12(16)19-20-14(9)17/h5-6,8,11,21-22H,4,7H2,1-3H3/b13-10-,18-6?/t11-/m1/s1. The maximum absolute atomic E-state index is 12.1. The van der Waals surface area contributed by atoms with Crippen LogP contribution in [0.2, 0.25) is 10.3 Å². The van der Waals surface area contributed by atoms with Gasteiger partial charge >= 0.3 is 5.97 Å². The molecule has 2 N–H and O–H groups in total. The lowest BCUT2D eigenvalue weighted by Gasteiger charge is -2.13. The maximum atomic E-state index is 12.1. The summed E-state index contributed by atoms with van der Waals surface area (Å²) in [7, 11) is 0. The Morgan fingerprint density at radius 1 is 1.42 bits per heavy atom. The number of rotatable bonds is 7. The molecule has 0 spiro atoms. The highest BCUT2D eigenvalue weighted by Gasteiger charge is 2.20. The number of carbonyl (C=O) groups is 1. The molecule has 0 aliphatic rings. The van der Waals surface area contributed by atoms with Crippen molar-refractivity contribution in [2.24, 2.45) is 10.9 Å². The van der Waals surface area contributed by atoms with Crippen molar-refractivity contribution in [1.82, 2.24) is 10.2 Å². The van der Waals surface area contributed by atoms with Crippen LogP contribution >= 0.6 is 23.2 Å². The number of aliphatic imine (C=N–C) groups is 1. The van der Waals surface area contributed by atoms with Gasteiger partial charge in [0.05, 0.1) is 24.8 Å². The van der Waals surface area contributed by atoms with Crippen LogP contribution in [0.1, 0.15) is 26.3 Å². The van der Waals surface area contributed by atoms with Gasteiger partial charge in [0.2, 0.25) is 0 Å². The summed E-state index contributed by atoms with van der Waals surface area (Å²) in [5, 5.41) is 26.7. The van der Waals surface area contributed by atoms with Gasteiger partial charge in [-0.05, 0) is 18.9 Å². The molecule has 0 saturated carbocycles. The molecular formula is C15H19Cl2N3O4. The van der Waals surface area contributed by atoms with Crippen molar-refractivity contribution < 1.29 is 19.7 Å². The molecular weight excluding hydrogens is 357 g/mol. The van der Waals surface area contributed by atoms with Crippen LogP contribution in [0.4, 0.5) is 0 Å². The number of ether oxygens (including phenoxy) is 1. The molecule has 1 atom stereocenters. The van der Waals surface area contributed by atoms with E-state index in [-0.39, 0.29) is 40.6 Å². The van der Waals surface area contributed by atoms with Crippen LogP contribution < -0.4 is 0 Å². The third-order valence-electron chi connectivity index (χ3n) is 3.08. The lowest BCUT2D eigenvalue weighted by atomic mass is 10.1. The van der Waals surface area contributed by atoms with Gasteiger partial charge in [0.25, 0.3) is 0 Å². The highest BCUT2D eigenvalue weighted by molar-refractivity contribution is 6.33. The first-order chi connectivity index (χ1) is 11.3. The fourth-order valence-corrected chi connectivity index (χ4v) is 2.01. The van der Waals surface area contributed by atoms with Gasteiger partial charge in [-0.3, -0.25) is 4.99 Å². The van der Waals surface area contributed by atoms with E-state index in [1.807, 2.05) is 13.8 Å². The summed E-state index contributed by atoms with van der Waals surface area (Å²) in [5.41, 5.74) is -0.196. The number of nitrogens with zero attached hydrogens (tertiary/aromatic N) is 3. The minimum absolute atomic E-state index is 0.00323. The molecule has 0 aliphatic carbocycles. The van der Waals surface area contributed by atoms with Gasteiger partial charge in [-0.2, -0.15) is 0 Å². The monoisotopic (exact) mass is 375 g/mol. The third kappa shape index (κ3) is 5.43. The predicted molar refractivity (Wildman–Crippen MR) is 92.4 cm³/mol. The minimum Gasteiger partial charge on any atom is -0.506 e. The lowest BCUT2D eigenvalue weighted by Crippen LogP contribution is -2.19. The van der Waals surface area contributed by atoms with Crippen LogP contribution in [0.15, 0.2) is 16.6 Å². The van der Waals surface area contributed by atoms with Crippen molar-refractivity contribution in [3.63, 3.8) is 0 Å². The van der Waals surface area contributed by atoms with Crippen molar-refractivity contribution in [2.75, 3.05) is 13.2 Å².